The van der Waals surface area contributed by atoms with E-state index in [1.165, 1.54) is 28.1 Å². The molecule has 6 rings (SSSR count). The van der Waals surface area contributed by atoms with Crippen LogP contribution in [0.25, 0.3) is 0 Å². The predicted molar refractivity (Wildman–Crippen MR) is 226 cm³/mol. The van der Waals surface area contributed by atoms with Crippen LogP contribution in [-0.4, -0.2) is 69.3 Å². The molecule has 5 aromatic rings. The lowest BCUT2D eigenvalue weighted by Gasteiger charge is -2.43. The van der Waals surface area contributed by atoms with E-state index in [1.807, 2.05) is 36.4 Å². The van der Waals surface area contributed by atoms with Gasteiger partial charge < -0.3 is 35.1 Å². The van der Waals surface area contributed by atoms with E-state index in [1.54, 1.807) is 4.90 Å². The molecule has 4 N–H and O–H groups in total. The van der Waals surface area contributed by atoms with Crippen molar-refractivity contribution in [3.8, 4) is 11.5 Å². The second-order valence-corrected chi connectivity index (χ2v) is 19.9. The van der Waals surface area contributed by atoms with Crippen molar-refractivity contribution in [3.63, 3.8) is 0 Å². The molecule has 1 aliphatic rings. The lowest BCUT2D eigenvalue weighted by atomic mass is 10.0. The number of carbonyl (C=O) groups is 1. The molecule has 1 saturated heterocycles. The first-order chi connectivity index (χ1) is 27.5. The molecule has 0 unspecified atom stereocenters. The number of nitrogens with one attached hydrogen (secondary N) is 3. The van der Waals surface area contributed by atoms with Crippen molar-refractivity contribution < 1.29 is 27.8 Å². The molecule has 2 amide bonds. The average Bonchev–Trinajstić information content (AvgIpc) is 3.21. The number of anilines is 1. The van der Waals surface area contributed by atoms with E-state index < -0.39 is 26.1 Å². The average molecular weight is 793 g/mol. The highest BCUT2D eigenvalue weighted by Crippen LogP contribution is 2.38. The summed E-state index contributed by atoms with van der Waals surface area (Å²) in [4.78, 5) is 14.3. The molecule has 0 saturated carbocycles. The Morgan fingerprint density at radius 2 is 1.39 bits per heavy atom. The van der Waals surface area contributed by atoms with Gasteiger partial charge in [0.1, 0.15) is 35.8 Å². The van der Waals surface area contributed by atoms with Gasteiger partial charge in [-0.05, 0) is 101 Å². The Balaban J connectivity index is 0.891. The molecule has 1 aliphatic heterocycles. The third kappa shape index (κ3) is 11.2. The summed E-state index contributed by atoms with van der Waals surface area (Å²) in [5.74, 6) is 0.133. The summed E-state index contributed by atoms with van der Waals surface area (Å²) in [5.41, 5.74) is 2.60. The molecule has 0 aromatic heterocycles. The number of likely N-dealkylation sites (tertiary alicyclic amines) is 1. The van der Waals surface area contributed by atoms with Crippen molar-refractivity contribution in [2.45, 2.75) is 63.8 Å². The minimum absolute atomic E-state index is 0.0700. The zero-order chi connectivity index (χ0) is 40.3. The van der Waals surface area contributed by atoms with Gasteiger partial charge in [-0.3, -0.25) is 0 Å². The smallest absolute Gasteiger partial charge is 0.319 e. The Morgan fingerprint density at radius 1 is 0.807 bits per heavy atom. The quantitative estimate of drug-likeness (QED) is 0.0621. The van der Waals surface area contributed by atoms with Crippen molar-refractivity contribution in [2.75, 3.05) is 38.1 Å². The molecular weight excluding hydrogens is 739 g/mol. The molecule has 0 radical (unpaired) electrons. The zero-order valence-electron chi connectivity index (χ0n) is 33.0. The highest BCUT2D eigenvalue weighted by molar-refractivity contribution is 7.00. The number of nitrogens with zero attached hydrogens (tertiary/aromatic N) is 1. The molecule has 1 atom stereocenters. The summed E-state index contributed by atoms with van der Waals surface area (Å²) < 4.78 is 39.9. The summed E-state index contributed by atoms with van der Waals surface area (Å²) >= 11 is 0. The summed E-state index contributed by atoms with van der Waals surface area (Å²) in [7, 11) is -2.74. The first kappa shape index (κ1) is 41.4. The first-order valence-corrected chi connectivity index (χ1v) is 21.6. The third-order valence-electron chi connectivity index (χ3n) is 10.4. The van der Waals surface area contributed by atoms with Gasteiger partial charge in [0.15, 0.2) is 0 Å². The summed E-state index contributed by atoms with van der Waals surface area (Å²) in [6, 6.07) is 40.4. The van der Waals surface area contributed by atoms with Gasteiger partial charge in [-0.2, -0.15) is 0 Å². The summed E-state index contributed by atoms with van der Waals surface area (Å²) in [6.45, 7) is 9.32. The lowest BCUT2D eigenvalue weighted by Crippen LogP contribution is -2.68. The number of piperidine rings is 1. The number of urea groups is 1. The third-order valence-corrected chi connectivity index (χ3v) is 15.3. The number of hydrogen-bond acceptors (Lipinski definition) is 6. The highest BCUT2D eigenvalue weighted by Gasteiger charge is 2.52. The second-order valence-electron chi connectivity index (χ2n) is 15.7. The number of rotatable bonds is 16. The normalized spacial score (nSPS) is 14.2. The molecule has 1 fully saturated rings. The number of carbonyl (C=O) groups excluding carboxylic acids is 1. The fourth-order valence-corrected chi connectivity index (χ4v) is 11.8. The summed E-state index contributed by atoms with van der Waals surface area (Å²) in [6.07, 6.45) is 1.74. The van der Waals surface area contributed by atoms with Crippen LogP contribution in [0.5, 0.6) is 11.5 Å². The van der Waals surface area contributed by atoms with E-state index in [4.69, 9.17) is 9.16 Å². The maximum absolute atomic E-state index is 13.4. The molecule has 1 heterocycles. The van der Waals surface area contributed by atoms with E-state index in [0.717, 1.165) is 36.8 Å². The Bertz CT molecular complexity index is 1950. The molecule has 0 bridgehead atoms. The molecule has 300 valence electrons. The number of benzene rings is 5. The van der Waals surface area contributed by atoms with Crippen LogP contribution < -0.4 is 35.5 Å². The molecular formula is C46H54F2N4O4Si. The highest BCUT2D eigenvalue weighted by atomic mass is 28.4. The molecule has 11 heteroatoms. The van der Waals surface area contributed by atoms with Crippen molar-refractivity contribution in [3.05, 3.63) is 150 Å². The Morgan fingerprint density at radius 3 is 1.96 bits per heavy atom. The number of aliphatic hydroxyl groups is 1. The molecule has 57 heavy (non-hydrogen) atoms. The van der Waals surface area contributed by atoms with Crippen molar-refractivity contribution >= 4 is 30.4 Å². The van der Waals surface area contributed by atoms with Crippen LogP contribution >= 0.6 is 0 Å². The van der Waals surface area contributed by atoms with E-state index in [9.17, 15) is 18.7 Å². The fraction of sp³-hybridized carbons (Fsp3) is 0.326. The van der Waals surface area contributed by atoms with Crippen LogP contribution in [0.15, 0.2) is 127 Å². The van der Waals surface area contributed by atoms with Gasteiger partial charge in [0.25, 0.3) is 0 Å². The van der Waals surface area contributed by atoms with E-state index in [0.29, 0.717) is 37.5 Å². The minimum Gasteiger partial charge on any atom is -0.534 e. The van der Waals surface area contributed by atoms with Gasteiger partial charge in [0.2, 0.25) is 0 Å². The summed E-state index contributed by atoms with van der Waals surface area (Å²) in [5, 5.41) is 22.6. The van der Waals surface area contributed by atoms with Crippen LogP contribution in [0.4, 0.5) is 19.3 Å². The van der Waals surface area contributed by atoms with E-state index in [2.05, 4.69) is 110 Å². The topological polar surface area (TPSA) is 95.1 Å². The molecule has 5 aromatic carbocycles. The van der Waals surface area contributed by atoms with Gasteiger partial charge >= 0.3 is 14.3 Å². The number of aliphatic hydroxyl groups excluding tert-OH is 1. The van der Waals surface area contributed by atoms with Crippen LogP contribution in [0, 0.1) is 11.6 Å². The van der Waals surface area contributed by atoms with Gasteiger partial charge in [-0.1, -0.05) is 93.6 Å². The molecule has 0 spiro atoms. The number of amides is 2. The van der Waals surface area contributed by atoms with Crippen LogP contribution in [0.3, 0.4) is 0 Å². The van der Waals surface area contributed by atoms with Gasteiger partial charge in [-0.25, -0.2) is 13.6 Å². The zero-order valence-corrected chi connectivity index (χ0v) is 34.0. The van der Waals surface area contributed by atoms with Gasteiger partial charge in [0.05, 0.1) is 0 Å². The lowest BCUT2D eigenvalue weighted by molar-refractivity contribution is 0.106. The Kier molecular flexibility index (Phi) is 14.0. The van der Waals surface area contributed by atoms with Crippen LogP contribution in [0.1, 0.15) is 44.7 Å². The second kappa shape index (κ2) is 19.3. The first-order valence-electron chi connectivity index (χ1n) is 19.7. The van der Waals surface area contributed by atoms with E-state index in [-0.39, 0.29) is 30.3 Å². The number of ether oxygens (including phenoxy) is 1. The predicted octanol–water partition coefficient (Wildman–Crippen LogP) is 7.26. The van der Waals surface area contributed by atoms with Gasteiger partial charge in [-0.15, -0.1) is 0 Å². The standard InChI is InChI=1S/C46H54F2N4O4Si/c1-46(2,3)57(43-10-6-4-7-11-43,44-12-8-5-9-13-44)56-42-20-18-41(19-21-42)55-33-40(53)32-49-25-22-34-14-16-38(17-15-34)51-39-23-26-52(27-24-39)45(54)50-31-35-28-36(47)30-37(48)29-35/h4-21,28-30,39-40,49,51,53H,22-27,31-33H2,1-3H3,(H,50,54)/t40-/m0/s1. The Labute approximate surface area is 336 Å². The largest absolute Gasteiger partial charge is 0.534 e. The Hall–Kier alpha value is -5.23. The fourth-order valence-electron chi connectivity index (χ4n) is 7.42. The van der Waals surface area contributed by atoms with Crippen LogP contribution in [-0.2, 0) is 13.0 Å². The maximum Gasteiger partial charge on any atom is 0.319 e. The minimum atomic E-state index is -2.74. The maximum atomic E-state index is 13.4. The van der Waals surface area contributed by atoms with Crippen molar-refractivity contribution in [1.29, 1.82) is 0 Å². The SMILES string of the molecule is CC(C)(C)[Si](Oc1ccc(OC[C@@H](O)CNCCc2ccc(NC3CCN(C(=O)NCc4cc(F)cc(F)c4)CC3)cc2)cc1)(c1ccccc1)c1ccccc1. The van der Waals surface area contributed by atoms with Crippen LogP contribution in [0.2, 0.25) is 5.04 Å². The number of hydrogen-bond donors (Lipinski definition) is 4. The van der Waals surface area contributed by atoms with E-state index >= 15 is 0 Å². The number of halogens is 2. The van der Waals surface area contributed by atoms with Crippen molar-refractivity contribution in [2.24, 2.45) is 0 Å². The van der Waals surface area contributed by atoms with Gasteiger partial charge in [0, 0.05) is 44.0 Å². The molecule has 0 aliphatic carbocycles. The molecule has 8 nitrogen and oxygen atoms in total. The monoisotopic (exact) mass is 792 g/mol. The van der Waals surface area contributed by atoms with Crippen molar-refractivity contribution in [1.82, 2.24) is 15.5 Å².